The molecule has 0 saturated heterocycles. The smallest absolute Gasteiger partial charge is 0.0608 e. The molecule has 0 aliphatic carbocycles. The second-order valence-corrected chi connectivity index (χ2v) is 5.02. The number of nitrogens with one attached hydrogen (secondary N) is 1. The van der Waals surface area contributed by atoms with Crippen molar-refractivity contribution < 1.29 is 0 Å². The molecule has 0 bridgehead atoms. The molecule has 0 amide bonds. The first kappa shape index (κ1) is 13.8. The number of nitrogens with zero attached hydrogens (tertiary/aromatic N) is 2. The summed E-state index contributed by atoms with van der Waals surface area (Å²) in [4.78, 5) is 0. The van der Waals surface area contributed by atoms with Crippen molar-refractivity contribution in [3.05, 3.63) is 52.8 Å². The Morgan fingerprint density at radius 3 is 2.42 bits per heavy atom. The van der Waals surface area contributed by atoms with Crippen molar-refractivity contribution in [1.82, 2.24) is 15.1 Å². The van der Waals surface area contributed by atoms with Crippen LogP contribution in [-0.4, -0.2) is 16.8 Å². The second-order valence-electron chi connectivity index (χ2n) is 5.02. The minimum absolute atomic E-state index is 0.212. The van der Waals surface area contributed by atoms with E-state index in [-0.39, 0.29) is 6.04 Å². The quantitative estimate of drug-likeness (QED) is 0.892. The van der Waals surface area contributed by atoms with Gasteiger partial charge in [0, 0.05) is 18.3 Å². The topological polar surface area (TPSA) is 29.9 Å². The summed E-state index contributed by atoms with van der Waals surface area (Å²) >= 11 is 0. The van der Waals surface area contributed by atoms with E-state index in [9.17, 15) is 0 Å². The van der Waals surface area contributed by atoms with Crippen molar-refractivity contribution in [3.8, 4) is 0 Å². The summed E-state index contributed by atoms with van der Waals surface area (Å²) in [7, 11) is 3.98. The molecule has 0 saturated carbocycles. The Bertz CT molecular complexity index is 525. The third kappa shape index (κ3) is 2.87. The second kappa shape index (κ2) is 6.02. The maximum absolute atomic E-state index is 4.33. The highest BCUT2D eigenvalue weighted by Gasteiger charge is 2.16. The van der Waals surface area contributed by atoms with Crippen LogP contribution in [0.25, 0.3) is 0 Å². The summed E-state index contributed by atoms with van der Waals surface area (Å²) in [5.74, 6) is 0. The number of aromatic nitrogens is 2. The summed E-state index contributed by atoms with van der Waals surface area (Å²) in [6.07, 6.45) is 4.30. The zero-order valence-corrected chi connectivity index (χ0v) is 12.3. The highest BCUT2D eigenvalue weighted by Crippen LogP contribution is 2.24. The molecular weight excluding hydrogens is 234 g/mol. The van der Waals surface area contributed by atoms with Gasteiger partial charge in [0.2, 0.25) is 0 Å². The summed E-state index contributed by atoms with van der Waals surface area (Å²) < 4.78 is 1.92. The van der Waals surface area contributed by atoms with Crippen LogP contribution < -0.4 is 5.32 Å². The van der Waals surface area contributed by atoms with E-state index in [1.54, 1.807) is 0 Å². The Labute approximate surface area is 115 Å². The first-order valence-electron chi connectivity index (χ1n) is 6.92. The third-order valence-electron chi connectivity index (χ3n) is 3.72. The molecule has 1 atom stereocenters. The minimum Gasteiger partial charge on any atom is -0.309 e. The molecule has 1 aromatic heterocycles. The van der Waals surface area contributed by atoms with Crippen LogP contribution in [0.4, 0.5) is 0 Å². The predicted octanol–water partition coefficient (Wildman–Crippen LogP) is 2.99. The zero-order valence-electron chi connectivity index (χ0n) is 12.3. The maximum Gasteiger partial charge on any atom is 0.0608 e. The minimum atomic E-state index is 0.212. The van der Waals surface area contributed by atoms with E-state index in [0.29, 0.717) is 0 Å². The fourth-order valence-corrected chi connectivity index (χ4v) is 2.47. The number of aryl methyl sites for hydroxylation is 2. The van der Waals surface area contributed by atoms with Crippen molar-refractivity contribution in [2.45, 2.75) is 32.7 Å². The molecule has 102 valence electrons. The molecule has 2 rings (SSSR count). The van der Waals surface area contributed by atoms with E-state index in [1.807, 2.05) is 25.0 Å². The first-order chi connectivity index (χ1) is 9.17. The molecule has 1 heterocycles. The Hall–Kier alpha value is -1.61. The van der Waals surface area contributed by atoms with Crippen LogP contribution >= 0.6 is 0 Å². The van der Waals surface area contributed by atoms with Crippen molar-refractivity contribution in [2.24, 2.45) is 7.05 Å². The molecule has 0 aliphatic heterocycles. The maximum atomic E-state index is 4.33. The van der Waals surface area contributed by atoms with Gasteiger partial charge >= 0.3 is 0 Å². The van der Waals surface area contributed by atoms with Gasteiger partial charge in [-0.1, -0.05) is 37.6 Å². The van der Waals surface area contributed by atoms with E-state index in [1.165, 1.54) is 28.8 Å². The van der Waals surface area contributed by atoms with Crippen molar-refractivity contribution in [2.75, 3.05) is 7.05 Å². The van der Waals surface area contributed by atoms with Crippen molar-refractivity contribution >= 4 is 0 Å². The average molecular weight is 257 g/mol. The van der Waals surface area contributed by atoms with Gasteiger partial charge in [-0.15, -0.1) is 0 Å². The van der Waals surface area contributed by atoms with E-state index in [2.05, 4.69) is 48.5 Å². The summed E-state index contributed by atoms with van der Waals surface area (Å²) in [6, 6.07) is 9.12. The number of hydrogen-bond acceptors (Lipinski definition) is 2. The standard InChI is InChI=1S/C16H23N3/c1-5-6-13-7-9-14(10-8-13)16(17-3)15-11-18-19(4)12(15)2/h7-11,16-17H,5-6H2,1-4H3. The fourth-order valence-electron chi connectivity index (χ4n) is 2.47. The van der Waals surface area contributed by atoms with Gasteiger partial charge in [-0.05, 0) is 31.5 Å². The molecule has 3 nitrogen and oxygen atoms in total. The number of hydrogen-bond donors (Lipinski definition) is 1. The Balaban J connectivity index is 2.29. The molecule has 1 unspecified atom stereocenters. The van der Waals surface area contributed by atoms with Gasteiger partial charge < -0.3 is 5.32 Å². The lowest BCUT2D eigenvalue weighted by Gasteiger charge is -2.17. The molecule has 0 fully saturated rings. The van der Waals surface area contributed by atoms with Gasteiger partial charge in [-0.2, -0.15) is 5.10 Å². The van der Waals surface area contributed by atoms with E-state index in [4.69, 9.17) is 0 Å². The number of benzene rings is 1. The van der Waals surface area contributed by atoms with Gasteiger partial charge in [-0.3, -0.25) is 4.68 Å². The monoisotopic (exact) mass is 257 g/mol. The van der Waals surface area contributed by atoms with Crippen LogP contribution in [0.3, 0.4) is 0 Å². The fraction of sp³-hybridized carbons (Fsp3) is 0.438. The Morgan fingerprint density at radius 1 is 1.26 bits per heavy atom. The van der Waals surface area contributed by atoms with E-state index in [0.717, 1.165) is 6.42 Å². The molecule has 1 N–H and O–H groups in total. The van der Waals surface area contributed by atoms with Gasteiger partial charge in [0.1, 0.15) is 0 Å². The lowest BCUT2D eigenvalue weighted by atomic mass is 9.97. The van der Waals surface area contributed by atoms with Crippen LogP contribution in [0.15, 0.2) is 30.5 Å². The largest absolute Gasteiger partial charge is 0.309 e. The van der Waals surface area contributed by atoms with Crippen LogP contribution in [-0.2, 0) is 13.5 Å². The summed E-state index contributed by atoms with van der Waals surface area (Å²) in [5.41, 5.74) is 5.15. The SMILES string of the molecule is CCCc1ccc(C(NC)c2cnn(C)c2C)cc1. The van der Waals surface area contributed by atoms with Crippen LogP contribution in [0.2, 0.25) is 0 Å². The highest BCUT2D eigenvalue weighted by molar-refractivity contribution is 5.34. The summed E-state index contributed by atoms with van der Waals surface area (Å²) in [5, 5.41) is 7.72. The molecule has 0 aliphatic rings. The molecule has 0 spiro atoms. The summed E-state index contributed by atoms with van der Waals surface area (Å²) in [6.45, 7) is 4.32. The highest BCUT2D eigenvalue weighted by atomic mass is 15.3. The average Bonchev–Trinajstić information content (AvgIpc) is 2.74. The van der Waals surface area contributed by atoms with Crippen molar-refractivity contribution in [1.29, 1.82) is 0 Å². The van der Waals surface area contributed by atoms with E-state index < -0.39 is 0 Å². The molecule has 3 heteroatoms. The van der Waals surface area contributed by atoms with Gasteiger partial charge in [0.05, 0.1) is 12.2 Å². The van der Waals surface area contributed by atoms with Gasteiger partial charge in [0.15, 0.2) is 0 Å². The predicted molar refractivity (Wildman–Crippen MR) is 79.3 cm³/mol. The van der Waals surface area contributed by atoms with Gasteiger partial charge in [0.25, 0.3) is 0 Å². The normalized spacial score (nSPS) is 12.6. The Kier molecular flexibility index (Phi) is 4.38. The van der Waals surface area contributed by atoms with Crippen LogP contribution in [0.1, 0.15) is 41.8 Å². The number of rotatable bonds is 5. The van der Waals surface area contributed by atoms with E-state index >= 15 is 0 Å². The lowest BCUT2D eigenvalue weighted by molar-refractivity contribution is 0.679. The molecule has 0 radical (unpaired) electrons. The molecular formula is C16H23N3. The lowest BCUT2D eigenvalue weighted by Crippen LogP contribution is -2.18. The Morgan fingerprint density at radius 2 is 1.95 bits per heavy atom. The van der Waals surface area contributed by atoms with Crippen LogP contribution in [0.5, 0.6) is 0 Å². The zero-order chi connectivity index (χ0) is 13.8. The van der Waals surface area contributed by atoms with Gasteiger partial charge in [-0.25, -0.2) is 0 Å². The first-order valence-corrected chi connectivity index (χ1v) is 6.92. The van der Waals surface area contributed by atoms with Crippen LogP contribution in [0, 0.1) is 6.92 Å². The molecule has 2 aromatic rings. The third-order valence-corrected chi connectivity index (χ3v) is 3.72. The van der Waals surface area contributed by atoms with Crippen molar-refractivity contribution in [3.63, 3.8) is 0 Å². The molecule has 19 heavy (non-hydrogen) atoms. The molecule has 1 aromatic carbocycles.